The lowest BCUT2D eigenvalue weighted by Crippen LogP contribution is -2.36. The summed E-state index contributed by atoms with van der Waals surface area (Å²) in [7, 11) is 0. The van der Waals surface area contributed by atoms with E-state index in [0.29, 0.717) is 23.4 Å². The van der Waals surface area contributed by atoms with E-state index in [4.69, 9.17) is 4.42 Å². The molecule has 3 amide bonds. The van der Waals surface area contributed by atoms with Gasteiger partial charge in [0, 0.05) is 17.8 Å². The third-order valence-electron chi connectivity index (χ3n) is 6.05. The minimum atomic E-state index is -0.406. The molecule has 5 rings (SSSR count). The molecule has 0 saturated heterocycles. The van der Waals surface area contributed by atoms with E-state index < -0.39 is 5.91 Å². The number of carbonyl (C=O) groups excluding carboxylic acids is 3. The third kappa shape index (κ3) is 3.15. The molecule has 6 nitrogen and oxygen atoms in total. The van der Waals surface area contributed by atoms with E-state index in [2.05, 4.69) is 13.0 Å². The van der Waals surface area contributed by atoms with E-state index in [0.717, 1.165) is 29.0 Å². The van der Waals surface area contributed by atoms with Gasteiger partial charge < -0.3 is 9.32 Å². The number of amides is 3. The highest BCUT2D eigenvalue weighted by Crippen LogP contribution is 2.33. The Morgan fingerprint density at radius 2 is 1.84 bits per heavy atom. The summed E-state index contributed by atoms with van der Waals surface area (Å²) in [5.74, 6) is -0.401. The molecule has 3 aromatic rings. The molecule has 0 aliphatic carbocycles. The van der Waals surface area contributed by atoms with Crippen molar-refractivity contribution in [3.8, 4) is 0 Å². The van der Waals surface area contributed by atoms with E-state index in [-0.39, 0.29) is 23.9 Å². The minimum Gasteiger partial charge on any atom is -0.467 e. The average Bonchev–Trinajstić information content (AvgIpc) is 3.36. The first-order valence-electron chi connectivity index (χ1n) is 10.4. The van der Waals surface area contributed by atoms with Crippen LogP contribution in [-0.4, -0.2) is 29.2 Å². The second-order valence-corrected chi connectivity index (χ2v) is 8.18. The van der Waals surface area contributed by atoms with E-state index in [1.54, 1.807) is 35.2 Å². The molecule has 156 valence electrons. The molecule has 0 radical (unpaired) electrons. The molecule has 0 bridgehead atoms. The van der Waals surface area contributed by atoms with Crippen LogP contribution >= 0.6 is 0 Å². The normalized spacial score (nSPS) is 15.3. The van der Waals surface area contributed by atoms with Gasteiger partial charge in [-0.15, -0.1) is 0 Å². The van der Waals surface area contributed by atoms with Crippen molar-refractivity contribution in [3.05, 3.63) is 87.9 Å². The zero-order chi connectivity index (χ0) is 21.7. The zero-order valence-electron chi connectivity index (χ0n) is 17.5. The van der Waals surface area contributed by atoms with Gasteiger partial charge in [0.1, 0.15) is 5.76 Å². The fourth-order valence-electron chi connectivity index (χ4n) is 4.57. The molecule has 2 aromatic carbocycles. The number of hydrogen-bond acceptors (Lipinski definition) is 4. The van der Waals surface area contributed by atoms with E-state index in [1.165, 1.54) is 17.4 Å². The predicted octanol–water partition coefficient (Wildman–Crippen LogP) is 4.29. The maximum absolute atomic E-state index is 13.4. The number of rotatable bonds is 3. The largest absolute Gasteiger partial charge is 0.467 e. The van der Waals surface area contributed by atoms with Gasteiger partial charge in [-0.25, -0.2) is 0 Å². The first-order chi connectivity index (χ1) is 14.9. The molecular weight excluding hydrogens is 392 g/mol. The molecule has 0 spiro atoms. The third-order valence-corrected chi connectivity index (χ3v) is 6.05. The van der Waals surface area contributed by atoms with Gasteiger partial charge in [0.05, 0.1) is 23.9 Å². The molecule has 31 heavy (non-hydrogen) atoms. The number of imide groups is 1. The zero-order valence-corrected chi connectivity index (χ0v) is 17.5. The molecule has 2 aliphatic heterocycles. The van der Waals surface area contributed by atoms with E-state index in [9.17, 15) is 14.4 Å². The van der Waals surface area contributed by atoms with Crippen LogP contribution in [-0.2, 0) is 13.0 Å². The molecule has 6 heteroatoms. The summed E-state index contributed by atoms with van der Waals surface area (Å²) in [6.07, 6.45) is 3.34. The van der Waals surface area contributed by atoms with Crippen molar-refractivity contribution in [1.82, 2.24) is 4.90 Å². The summed E-state index contributed by atoms with van der Waals surface area (Å²) in [5.41, 5.74) is 5.43. The van der Waals surface area contributed by atoms with Crippen LogP contribution in [0.1, 0.15) is 59.9 Å². The second-order valence-electron chi connectivity index (χ2n) is 8.18. The Kier molecular flexibility index (Phi) is 4.50. The number of nitrogens with zero attached hydrogens (tertiary/aromatic N) is 2. The lowest BCUT2D eigenvalue weighted by Gasteiger charge is -2.31. The smallest absolute Gasteiger partial charge is 0.261 e. The number of aryl methyl sites for hydroxylation is 2. The molecule has 1 aromatic heterocycles. The Balaban J connectivity index is 1.47. The van der Waals surface area contributed by atoms with Gasteiger partial charge in [-0.3, -0.25) is 19.3 Å². The van der Waals surface area contributed by atoms with Crippen LogP contribution < -0.4 is 4.90 Å². The minimum absolute atomic E-state index is 0.0701. The van der Waals surface area contributed by atoms with Gasteiger partial charge >= 0.3 is 0 Å². The summed E-state index contributed by atoms with van der Waals surface area (Å²) in [5, 5.41) is 0. The number of hydrogen-bond donors (Lipinski definition) is 0. The lowest BCUT2D eigenvalue weighted by atomic mass is 9.94. The van der Waals surface area contributed by atoms with Crippen molar-refractivity contribution >= 4 is 23.4 Å². The van der Waals surface area contributed by atoms with E-state index in [1.807, 2.05) is 13.0 Å². The average molecular weight is 414 g/mol. The number of fused-ring (bicyclic) bond motifs is 2. The number of carbonyl (C=O) groups is 3. The van der Waals surface area contributed by atoms with Crippen LogP contribution in [0.3, 0.4) is 0 Å². The molecule has 2 aliphatic rings. The van der Waals surface area contributed by atoms with Crippen LogP contribution in [0.25, 0.3) is 0 Å². The monoisotopic (exact) mass is 414 g/mol. The second kappa shape index (κ2) is 7.23. The Labute approximate surface area is 180 Å². The SMILES string of the molecule is Cc1cc(C)c2c(c1)N(C(=O)c1ccc3c(c1)C(=O)N(Cc1ccco1)C3=O)CCC2. The molecule has 0 fully saturated rings. The van der Waals surface area contributed by atoms with Crippen molar-refractivity contribution in [2.75, 3.05) is 11.4 Å². The van der Waals surface area contributed by atoms with Crippen LogP contribution in [0.2, 0.25) is 0 Å². The van der Waals surface area contributed by atoms with Crippen molar-refractivity contribution < 1.29 is 18.8 Å². The molecule has 0 atom stereocenters. The molecule has 0 saturated carbocycles. The summed E-state index contributed by atoms with van der Waals surface area (Å²) in [4.78, 5) is 42.0. The Bertz CT molecular complexity index is 1230. The van der Waals surface area contributed by atoms with Crippen molar-refractivity contribution in [1.29, 1.82) is 0 Å². The maximum atomic E-state index is 13.4. The van der Waals surface area contributed by atoms with Gasteiger partial charge in [0.15, 0.2) is 0 Å². The van der Waals surface area contributed by atoms with Crippen LogP contribution in [0.4, 0.5) is 5.69 Å². The highest BCUT2D eigenvalue weighted by Gasteiger charge is 2.37. The summed E-state index contributed by atoms with van der Waals surface area (Å²) >= 11 is 0. The number of furan rings is 1. The molecule has 0 unspecified atom stereocenters. The Morgan fingerprint density at radius 1 is 1.03 bits per heavy atom. The number of anilines is 1. The quantitative estimate of drug-likeness (QED) is 0.600. The Morgan fingerprint density at radius 3 is 2.61 bits per heavy atom. The van der Waals surface area contributed by atoms with Crippen molar-refractivity contribution in [3.63, 3.8) is 0 Å². The van der Waals surface area contributed by atoms with Gasteiger partial charge in [-0.1, -0.05) is 6.07 Å². The van der Waals surface area contributed by atoms with Crippen LogP contribution in [0, 0.1) is 13.8 Å². The highest BCUT2D eigenvalue weighted by molar-refractivity contribution is 6.22. The van der Waals surface area contributed by atoms with Crippen LogP contribution in [0.15, 0.2) is 53.1 Å². The van der Waals surface area contributed by atoms with Gasteiger partial charge in [0.25, 0.3) is 17.7 Å². The van der Waals surface area contributed by atoms with Gasteiger partial charge in [0.2, 0.25) is 0 Å². The molecule has 0 N–H and O–H groups in total. The molecule has 3 heterocycles. The topological polar surface area (TPSA) is 70.8 Å². The molecular formula is C25H22N2O4. The van der Waals surface area contributed by atoms with Crippen LogP contribution in [0.5, 0.6) is 0 Å². The van der Waals surface area contributed by atoms with Gasteiger partial charge in [-0.2, -0.15) is 0 Å². The lowest BCUT2D eigenvalue weighted by molar-refractivity contribution is 0.0631. The fraction of sp³-hybridized carbons (Fsp3) is 0.240. The van der Waals surface area contributed by atoms with Gasteiger partial charge in [-0.05, 0) is 79.8 Å². The van der Waals surface area contributed by atoms with Crippen molar-refractivity contribution in [2.24, 2.45) is 0 Å². The standard InChI is InChI=1S/C25H22N2O4/c1-15-11-16(2)19-6-3-9-26(22(19)12-15)23(28)17-7-8-20-21(13-17)25(30)27(24(20)29)14-18-5-4-10-31-18/h4-5,7-8,10-13H,3,6,9,14H2,1-2H3. The van der Waals surface area contributed by atoms with Crippen molar-refractivity contribution in [2.45, 2.75) is 33.2 Å². The first-order valence-corrected chi connectivity index (χ1v) is 10.4. The fourth-order valence-corrected chi connectivity index (χ4v) is 4.57. The first kappa shape index (κ1) is 19.3. The predicted molar refractivity (Wildman–Crippen MR) is 115 cm³/mol. The summed E-state index contributed by atoms with van der Waals surface area (Å²) < 4.78 is 5.28. The summed E-state index contributed by atoms with van der Waals surface area (Å²) in [6.45, 7) is 4.80. The maximum Gasteiger partial charge on any atom is 0.261 e. The summed E-state index contributed by atoms with van der Waals surface area (Å²) in [6, 6.07) is 12.4. The highest BCUT2D eigenvalue weighted by atomic mass is 16.3. The number of benzene rings is 2. The van der Waals surface area contributed by atoms with E-state index >= 15 is 0 Å². The Hall–Kier alpha value is -3.67.